The largest absolute Gasteiger partial charge is 0.391 e. The number of rotatable bonds is 5. The summed E-state index contributed by atoms with van der Waals surface area (Å²) in [5.74, 6) is -0.326. The Hall–Kier alpha value is -0.810. The van der Waals surface area contributed by atoms with Crippen LogP contribution in [0.25, 0.3) is 0 Å². The second-order valence-electron chi connectivity index (χ2n) is 5.46. The van der Waals surface area contributed by atoms with Gasteiger partial charge in [-0.1, -0.05) is 36.0 Å². The highest BCUT2D eigenvalue weighted by Gasteiger charge is 2.25. The molecule has 3 N–H and O–H groups in total. The van der Waals surface area contributed by atoms with Crippen molar-refractivity contribution in [1.29, 1.82) is 0 Å². The van der Waals surface area contributed by atoms with E-state index in [2.05, 4.69) is 5.32 Å². The highest BCUT2D eigenvalue weighted by molar-refractivity contribution is 6.34. The van der Waals surface area contributed by atoms with E-state index in [4.69, 9.17) is 23.2 Å². The first kappa shape index (κ1) is 16.6. The minimum atomic E-state index is -1.35. The zero-order chi connectivity index (χ0) is 15.4. The summed E-state index contributed by atoms with van der Waals surface area (Å²) in [6, 6.07) is 4.51. The first-order valence-corrected chi connectivity index (χ1v) is 7.83. The van der Waals surface area contributed by atoms with E-state index in [1.807, 2.05) is 0 Å². The predicted octanol–water partition coefficient (Wildman–Crippen LogP) is 2.69. The van der Waals surface area contributed by atoms with E-state index in [9.17, 15) is 15.0 Å². The molecule has 1 fully saturated rings. The number of hydrogen-bond acceptors (Lipinski definition) is 3. The summed E-state index contributed by atoms with van der Waals surface area (Å²) in [5.41, 5.74) is 0.334. The van der Waals surface area contributed by atoms with Crippen LogP contribution >= 0.6 is 23.2 Å². The summed E-state index contributed by atoms with van der Waals surface area (Å²) in [6.07, 6.45) is 2.31. The Bertz CT molecular complexity index is 483. The minimum Gasteiger partial charge on any atom is -0.391 e. The van der Waals surface area contributed by atoms with E-state index < -0.39 is 18.1 Å². The summed E-state index contributed by atoms with van der Waals surface area (Å²) in [6.45, 7) is 0.148. The van der Waals surface area contributed by atoms with Crippen molar-refractivity contribution in [3.63, 3.8) is 0 Å². The van der Waals surface area contributed by atoms with E-state index >= 15 is 0 Å². The number of hydrogen-bond donors (Lipinski definition) is 3. The SMILES string of the molecule is O=C(NCC(O)C1CCCC1)C(O)c1cc(Cl)cc(Cl)c1. The van der Waals surface area contributed by atoms with Gasteiger partial charge in [-0.25, -0.2) is 0 Å². The van der Waals surface area contributed by atoms with Crippen molar-refractivity contribution in [2.24, 2.45) is 5.92 Å². The molecule has 2 atom stereocenters. The van der Waals surface area contributed by atoms with E-state index in [0.29, 0.717) is 15.6 Å². The number of halogens is 2. The molecule has 4 nitrogen and oxygen atoms in total. The van der Waals surface area contributed by atoms with Crippen molar-refractivity contribution >= 4 is 29.1 Å². The van der Waals surface area contributed by atoms with Gasteiger partial charge in [0.2, 0.25) is 0 Å². The summed E-state index contributed by atoms with van der Waals surface area (Å²) < 4.78 is 0. The van der Waals surface area contributed by atoms with Gasteiger partial charge < -0.3 is 15.5 Å². The quantitative estimate of drug-likeness (QED) is 0.776. The minimum absolute atomic E-state index is 0.148. The molecule has 1 aliphatic rings. The molecule has 1 aliphatic carbocycles. The highest BCUT2D eigenvalue weighted by Crippen LogP contribution is 2.27. The molecule has 0 heterocycles. The lowest BCUT2D eigenvalue weighted by Gasteiger charge is -2.19. The fourth-order valence-corrected chi connectivity index (χ4v) is 3.24. The third kappa shape index (κ3) is 4.58. The van der Waals surface area contributed by atoms with Crippen LogP contribution in [-0.2, 0) is 4.79 Å². The molecule has 0 aromatic heterocycles. The number of carbonyl (C=O) groups excluding carboxylic acids is 1. The van der Waals surface area contributed by atoms with Crippen LogP contribution in [0.15, 0.2) is 18.2 Å². The molecule has 0 radical (unpaired) electrons. The molecule has 21 heavy (non-hydrogen) atoms. The summed E-state index contributed by atoms with van der Waals surface area (Å²) in [7, 11) is 0. The van der Waals surface area contributed by atoms with Crippen molar-refractivity contribution in [3.8, 4) is 0 Å². The Balaban J connectivity index is 1.89. The average Bonchev–Trinajstić information content (AvgIpc) is 2.96. The van der Waals surface area contributed by atoms with Gasteiger partial charge in [-0.2, -0.15) is 0 Å². The maximum Gasteiger partial charge on any atom is 0.253 e. The Morgan fingerprint density at radius 1 is 1.19 bits per heavy atom. The molecule has 116 valence electrons. The van der Waals surface area contributed by atoms with Gasteiger partial charge in [-0.3, -0.25) is 4.79 Å². The molecule has 0 saturated heterocycles. The molecule has 1 aromatic carbocycles. The molecule has 1 amide bonds. The fraction of sp³-hybridized carbons (Fsp3) is 0.533. The summed E-state index contributed by atoms with van der Waals surface area (Å²) in [5, 5.41) is 23.3. The van der Waals surface area contributed by atoms with E-state index in [-0.39, 0.29) is 12.5 Å². The summed E-state index contributed by atoms with van der Waals surface area (Å²) >= 11 is 11.7. The lowest BCUT2D eigenvalue weighted by molar-refractivity contribution is -0.130. The Morgan fingerprint density at radius 2 is 1.76 bits per heavy atom. The summed E-state index contributed by atoms with van der Waals surface area (Å²) in [4.78, 5) is 11.9. The van der Waals surface area contributed by atoms with Crippen LogP contribution in [0.2, 0.25) is 10.0 Å². The maximum absolute atomic E-state index is 11.9. The van der Waals surface area contributed by atoms with Gasteiger partial charge >= 0.3 is 0 Å². The Kier molecular flexibility index (Phi) is 5.88. The first-order valence-electron chi connectivity index (χ1n) is 7.07. The zero-order valence-electron chi connectivity index (χ0n) is 11.6. The van der Waals surface area contributed by atoms with Crippen LogP contribution in [0, 0.1) is 5.92 Å². The van der Waals surface area contributed by atoms with Crippen molar-refractivity contribution in [1.82, 2.24) is 5.32 Å². The second-order valence-corrected chi connectivity index (χ2v) is 6.34. The van der Waals surface area contributed by atoms with Gasteiger partial charge in [0.15, 0.2) is 6.10 Å². The topological polar surface area (TPSA) is 69.6 Å². The molecule has 6 heteroatoms. The van der Waals surface area contributed by atoms with Crippen LogP contribution in [0.3, 0.4) is 0 Å². The predicted molar refractivity (Wildman–Crippen MR) is 82.4 cm³/mol. The van der Waals surface area contributed by atoms with Gasteiger partial charge in [0.1, 0.15) is 0 Å². The van der Waals surface area contributed by atoms with E-state index in [1.165, 1.54) is 18.2 Å². The highest BCUT2D eigenvalue weighted by atomic mass is 35.5. The molecule has 0 spiro atoms. The molecular formula is C15H19Cl2NO3. The number of benzene rings is 1. The third-order valence-corrected chi connectivity index (χ3v) is 4.31. The Morgan fingerprint density at radius 3 is 2.33 bits per heavy atom. The lowest BCUT2D eigenvalue weighted by Crippen LogP contribution is -2.38. The maximum atomic E-state index is 11.9. The van der Waals surface area contributed by atoms with Crippen LogP contribution < -0.4 is 5.32 Å². The van der Waals surface area contributed by atoms with Crippen LogP contribution in [0.5, 0.6) is 0 Å². The van der Waals surface area contributed by atoms with Crippen molar-refractivity contribution in [3.05, 3.63) is 33.8 Å². The lowest BCUT2D eigenvalue weighted by atomic mass is 10.0. The fourth-order valence-electron chi connectivity index (χ4n) is 2.70. The molecule has 1 saturated carbocycles. The van der Waals surface area contributed by atoms with Gasteiger partial charge in [0.05, 0.1) is 6.10 Å². The number of carbonyl (C=O) groups is 1. The van der Waals surface area contributed by atoms with Crippen LogP contribution in [0.1, 0.15) is 37.4 Å². The van der Waals surface area contributed by atoms with E-state index in [0.717, 1.165) is 25.7 Å². The van der Waals surface area contributed by atoms with E-state index in [1.54, 1.807) is 0 Å². The third-order valence-electron chi connectivity index (χ3n) is 3.88. The zero-order valence-corrected chi connectivity index (χ0v) is 13.1. The first-order chi connectivity index (χ1) is 9.97. The number of aliphatic hydroxyl groups excluding tert-OH is 2. The molecule has 2 rings (SSSR count). The number of amides is 1. The second kappa shape index (κ2) is 7.45. The van der Waals surface area contributed by atoms with Crippen LogP contribution in [-0.4, -0.2) is 28.8 Å². The normalized spacial score (nSPS) is 18.5. The number of nitrogens with one attached hydrogen (secondary N) is 1. The molecule has 2 unspecified atom stereocenters. The Labute approximate surface area is 134 Å². The average molecular weight is 332 g/mol. The van der Waals surface area contributed by atoms with Crippen LogP contribution in [0.4, 0.5) is 0 Å². The van der Waals surface area contributed by atoms with Gasteiger partial charge in [0, 0.05) is 16.6 Å². The monoisotopic (exact) mass is 331 g/mol. The molecule has 0 aliphatic heterocycles. The molecule has 0 bridgehead atoms. The molecule has 1 aromatic rings. The molecular weight excluding hydrogens is 313 g/mol. The van der Waals surface area contributed by atoms with Crippen molar-refractivity contribution in [2.45, 2.75) is 37.9 Å². The van der Waals surface area contributed by atoms with Gasteiger partial charge in [-0.05, 0) is 42.5 Å². The van der Waals surface area contributed by atoms with Gasteiger partial charge in [0.25, 0.3) is 5.91 Å². The smallest absolute Gasteiger partial charge is 0.253 e. The van der Waals surface area contributed by atoms with Gasteiger partial charge in [-0.15, -0.1) is 0 Å². The van der Waals surface area contributed by atoms with Crippen molar-refractivity contribution in [2.75, 3.05) is 6.54 Å². The standard InChI is InChI=1S/C15H19Cl2NO3/c16-11-5-10(6-12(17)7-11)14(20)15(21)18-8-13(19)9-3-1-2-4-9/h5-7,9,13-14,19-20H,1-4,8H2,(H,18,21). The number of aliphatic hydroxyl groups is 2. The van der Waals surface area contributed by atoms with Crippen molar-refractivity contribution < 1.29 is 15.0 Å².